The predicted molar refractivity (Wildman–Crippen MR) is 95.2 cm³/mol. The van der Waals surface area contributed by atoms with Crippen LogP contribution in [0.15, 0.2) is 23.4 Å². The first-order valence-corrected chi connectivity index (χ1v) is 9.40. The van der Waals surface area contributed by atoms with Crippen LogP contribution >= 0.6 is 11.8 Å². The van der Waals surface area contributed by atoms with E-state index in [-0.39, 0.29) is 5.91 Å². The highest BCUT2D eigenvalue weighted by molar-refractivity contribution is 7.99. The van der Waals surface area contributed by atoms with Gasteiger partial charge in [-0.05, 0) is 48.2 Å². The molecule has 0 bridgehead atoms. The number of hydrogen-bond donors (Lipinski definition) is 1. The summed E-state index contributed by atoms with van der Waals surface area (Å²) < 4.78 is 1.90. The summed E-state index contributed by atoms with van der Waals surface area (Å²) in [6.45, 7) is 4.00. The number of hydrogen-bond acceptors (Lipinski definition) is 5. The Bertz CT molecular complexity index is 689. The highest BCUT2D eigenvalue weighted by atomic mass is 32.2. The smallest absolute Gasteiger partial charge is 0.234 e. The lowest BCUT2D eigenvalue weighted by Crippen LogP contribution is -2.18. The Morgan fingerprint density at radius 3 is 2.67 bits per heavy atom. The van der Waals surface area contributed by atoms with Gasteiger partial charge in [0.1, 0.15) is 0 Å². The van der Waals surface area contributed by atoms with Crippen LogP contribution in [-0.2, 0) is 4.79 Å². The Morgan fingerprint density at radius 2 is 1.96 bits per heavy atom. The minimum absolute atomic E-state index is 0.0319. The van der Waals surface area contributed by atoms with Gasteiger partial charge in [0, 0.05) is 5.69 Å². The van der Waals surface area contributed by atoms with Crippen molar-refractivity contribution in [1.82, 2.24) is 20.2 Å². The minimum atomic E-state index is -0.0319. The highest BCUT2D eigenvalue weighted by Gasteiger charge is 2.21. The van der Waals surface area contributed by atoms with E-state index in [0.717, 1.165) is 34.8 Å². The molecule has 128 valence electrons. The molecule has 6 nitrogen and oxygen atoms in total. The molecule has 1 aromatic heterocycles. The van der Waals surface area contributed by atoms with Crippen molar-refractivity contribution in [2.45, 2.75) is 57.1 Å². The maximum Gasteiger partial charge on any atom is 0.234 e. The van der Waals surface area contributed by atoms with Crippen LogP contribution in [0.1, 0.15) is 49.3 Å². The molecule has 7 heteroatoms. The number of anilines is 1. The maximum absolute atomic E-state index is 12.3. The lowest BCUT2D eigenvalue weighted by molar-refractivity contribution is -0.113. The topological polar surface area (TPSA) is 72.7 Å². The number of rotatable bonds is 5. The molecule has 0 aliphatic heterocycles. The first-order chi connectivity index (χ1) is 11.6. The lowest BCUT2D eigenvalue weighted by Gasteiger charge is -2.21. The average Bonchev–Trinajstić information content (AvgIpc) is 3.06. The average molecular weight is 345 g/mol. The van der Waals surface area contributed by atoms with E-state index in [2.05, 4.69) is 20.8 Å². The van der Waals surface area contributed by atoms with Crippen LogP contribution in [0.25, 0.3) is 0 Å². The number of aryl methyl sites for hydroxylation is 2. The van der Waals surface area contributed by atoms with Gasteiger partial charge in [-0.2, -0.15) is 0 Å². The van der Waals surface area contributed by atoms with Crippen LogP contribution in [0.5, 0.6) is 0 Å². The molecule has 0 saturated heterocycles. The summed E-state index contributed by atoms with van der Waals surface area (Å²) >= 11 is 1.40. The zero-order valence-corrected chi connectivity index (χ0v) is 15.0. The fraction of sp³-hybridized carbons (Fsp3) is 0.529. The third-order valence-corrected chi connectivity index (χ3v) is 5.39. The molecule has 1 aliphatic rings. The van der Waals surface area contributed by atoms with Gasteiger partial charge in [-0.15, -0.1) is 5.10 Å². The molecule has 0 unspecified atom stereocenters. The molecule has 2 aromatic rings. The molecule has 0 atom stereocenters. The third kappa shape index (κ3) is 3.95. The number of benzene rings is 1. The van der Waals surface area contributed by atoms with Crippen molar-refractivity contribution in [3.63, 3.8) is 0 Å². The number of tetrazole rings is 1. The zero-order chi connectivity index (χ0) is 16.9. The van der Waals surface area contributed by atoms with Crippen molar-refractivity contribution in [3.05, 3.63) is 29.3 Å². The summed E-state index contributed by atoms with van der Waals surface area (Å²) in [6.07, 6.45) is 5.98. The SMILES string of the molecule is Cc1cccc(C)c1NC(=O)CSc1nnnn1C1CCCCC1. The second kappa shape index (κ2) is 7.79. The second-order valence-corrected chi connectivity index (χ2v) is 7.24. The van der Waals surface area contributed by atoms with Gasteiger partial charge in [0.25, 0.3) is 0 Å². The van der Waals surface area contributed by atoms with Gasteiger partial charge in [-0.25, -0.2) is 4.68 Å². The molecule has 1 aromatic carbocycles. The standard InChI is InChI=1S/C17H23N5OS/c1-12-7-6-8-13(2)16(12)18-15(23)11-24-17-19-20-21-22(17)14-9-4-3-5-10-14/h6-8,14H,3-5,9-11H2,1-2H3,(H,18,23). The normalized spacial score (nSPS) is 15.4. The summed E-state index contributed by atoms with van der Waals surface area (Å²) in [6, 6.07) is 6.37. The molecule has 24 heavy (non-hydrogen) atoms. The number of thioether (sulfide) groups is 1. The molecule has 1 N–H and O–H groups in total. The number of amides is 1. The molecule has 0 radical (unpaired) electrons. The monoisotopic (exact) mass is 345 g/mol. The van der Waals surface area contributed by atoms with E-state index in [1.807, 2.05) is 36.7 Å². The number of para-hydroxylation sites is 1. The number of carbonyl (C=O) groups excluding carboxylic acids is 1. The fourth-order valence-corrected chi connectivity index (χ4v) is 3.90. The molecule has 1 saturated carbocycles. The Labute approximate surface area is 146 Å². The van der Waals surface area contributed by atoms with Gasteiger partial charge >= 0.3 is 0 Å². The van der Waals surface area contributed by atoms with E-state index in [0.29, 0.717) is 11.8 Å². The summed E-state index contributed by atoms with van der Waals surface area (Å²) in [7, 11) is 0. The van der Waals surface area contributed by atoms with E-state index >= 15 is 0 Å². The van der Waals surface area contributed by atoms with E-state index in [9.17, 15) is 4.79 Å². The molecule has 3 rings (SSSR count). The van der Waals surface area contributed by atoms with E-state index in [1.165, 1.54) is 31.0 Å². The third-order valence-electron chi connectivity index (χ3n) is 4.46. The molecule has 1 fully saturated rings. The summed E-state index contributed by atoms with van der Waals surface area (Å²) in [5.74, 6) is 0.275. The van der Waals surface area contributed by atoms with Gasteiger partial charge in [0.05, 0.1) is 11.8 Å². The molecular weight excluding hydrogens is 322 g/mol. The Hall–Kier alpha value is -1.89. The van der Waals surface area contributed by atoms with Gasteiger partial charge in [0.15, 0.2) is 0 Å². The highest BCUT2D eigenvalue weighted by Crippen LogP contribution is 2.30. The number of nitrogens with one attached hydrogen (secondary N) is 1. The molecule has 1 heterocycles. The van der Waals surface area contributed by atoms with Crippen LogP contribution in [0.4, 0.5) is 5.69 Å². The largest absolute Gasteiger partial charge is 0.325 e. The Kier molecular flexibility index (Phi) is 5.50. The van der Waals surface area contributed by atoms with E-state index in [4.69, 9.17) is 0 Å². The summed E-state index contributed by atoms with van der Waals surface area (Å²) in [4.78, 5) is 12.3. The fourth-order valence-electron chi connectivity index (χ4n) is 3.15. The van der Waals surface area contributed by atoms with E-state index in [1.54, 1.807) is 0 Å². The minimum Gasteiger partial charge on any atom is -0.325 e. The molecule has 0 spiro atoms. The number of aromatic nitrogens is 4. The van der Waals surface area contributed by atoms with Crippen LogP contribution < -0.4 is 5.32 Å². The second-order valence-electron chi connectivity index (χ2n) is 6.30. The first kappa shape index (κ1) is 17.0. The van der Waals surface area contributed by atoms with Crippen LogP contribution in [0.3, 0.4) is 0 Å². The molecule has 1 amide bonds. The Balaban J connectivity index is 1.60. The van der Waals surface area contributed by atoms with Crippen molar-refractivity contribution >= 4 is 23.4 Å². The molecular formula is C17H23N5OS. The Morgan fingerprint density at radius 1 is 1.25 bits per heavy atom. The van der Waals surface area contributed by atoms with Gasteiger partial charge in [-0.1, -0.05) is 49.2 Å². The van der Waals surface area contributed by atoms with Crippen LogP contribution in [0.2, 0.25) is 0 Å². The van der Waals surface area contributed by atoms with Crippen molar-refractivity contribution in [1.29, 1.82) is 0 Å². The molecule has 1 aliphatic carbocycles. The van der Waals surface area contributed by atoms with Crippen molar-refractivity contribution in [2.75, 3.05) is 11.1 Å². The first-order valence-electron chi connectivity index (χ1n) is 8.42. The zero-order valence-electron chi connectivity index (χ0n) is 14.2. The summed E-state index contributed by atoms with van der Waals surface area (Å²) in [5.41, 5.74) is 3.04. The predicted octanol–water partition coefficient (Wildman–Crippen LogP) is 3.53. The van der Waals surface area contributed by atoms with Gasteiger partial charge in [-0.3, -0.25) is 4.79 Å². The van der Waals surface area contributed by atoms with Crippen LogP contribution in [-0.4, -0.2) is 31.9 Å². The van der Waals surface area contributed by atoms with Gasteiger partial charge in [0.2, 0.25) is 11.1 Å². The van der Waals surface area contributed by atoms with Crippen LogP contribution in [0, 0.1) is 13.8 Å². The van der Waals surface area contributed by atoms with Crippen molar-refractivity contribution in [3.8, 4) is 0 Å². The van der Waals surface area contributed by atoms with Crippen molar-refractivity contribution < 1.29 is 4.79 Å². The summed E-state index contributed by atoms with van der Waals surface area (Å²) in [5, 5.41) is 15.8. The maximum atomic E-state index is 12.3. The van der Waals surface area contributed by atoms with Gasteiger partial charge < -0.3 is 5.32 Å². The number of carbonyl (C=O) groups is 1. The van der Waals surface area contributed by atoms with Crippen molar-refractivity contribution in [2.24, 2.45) is 0 Å². The lowest BCUT2D eigenvalue weighted by atomic mass is 9.96. The number of nitrogens with zero attached hydrogens (tertiary/aromatic N) is 4. The van der Waals surface area contributed by atoms with E-state index < -0.39 is 0 Å². The quantitative estimate of drug-likeness (QED) is 0.839.